The average Bonchev–Trinajstić information content (AvgIpc) is 2.98. The minimum absolute atomic E-state index is 0.220. The molecule has 0 aliphatic rings. The summed E-state index contributed by atoms with van der Waals surface area (Å²) in [4.78, 5) is 8.81. The van der Waals surface area contributed by atoms with Gasteiger partial charge in [-0.25, -0.2) is 18.7 Å². The van der Waals surface area contributed by atoms with E-state index in [4.69, 9.17) is 0 Å². The summed E-state index contributed by atoms with van der Waals surface area (Å²) in [5, 5.41) is 0. The normalized spacial score (nSPS) is 14.5. The fourth-order valence-electron chi connectivity index (χ4n) is 2.50. The van der Waals surface area contributed by atoms with Gasteiger partial charge in [-0.2, -0.15) is 0 Å². The van der Waals surface area contributed by atoms with Crippen molar-refractivity contribution in [1.29, 1.82) is 0 Å². The maximum Gasteiger partial charge on any atom is 0.170 e. The van der Waals surface area contributed by atoms with Crippen LogP contribution in [-0.2, 0) is 17.8 Å². The first-order chi connectivity index (χ1) is 12.6. The van der Waals surface area contributed by atoms with Crippen LogP contribution in [0.2, 0.25) is 0 Å². The molecule has 3 rings (SSSR count). The number of halogens is 3. The van der Waals surface area contributed by atoms with E-state index in [1.165, 1.54) is 23.5 Å². The number of benzene rings is 1. The second kappa shape index (κ2) is 8.08. The van der Waals surface area contributed by atoms with Crippen LogP contribution in [0.1, 0.15) is 38.1 Å². The molecule has 144 valence electrons. The van der Waals surface area contributed by atoms with Crippen LogP contribution in [0.3, 0.4) is 0 Å². The lowest BCUT2D eigenvalue weighted by molar-refractivity contribution is 0.516. The fourth-order valence-corrected chi connectivity index (χ4v) is 4.71. The highest BCUT2D eigenvalue weighted by Gasteiger charge is 2.31. The van der Waals surface area contributed by atoms with E-state index in [0.717, 1.165) is 15.2 Å². The molecule has 0 bridgehead atoms. The van der Waals surface area contributed by atoms with Crippen LogP contribution in [0.25, 0.3) is 10.3 Å². The number of fused-ring (bicyclic) bond motifs is 1. The van der Waals surface area contributed by atoms with Gasteiger partial charge in [-0.05, 0) is 66.9 Å². The third kappa shape index (κ3) is 5.03. The van der Waals surface area contributed by atoms with Crippen LogP contribution in [0.15, 0.2) is 34.2 Å². The Bertz CT molecular complexity index is 941. The first-order valence-electron chi connectivity index (χ1n) is 8.16. The van der Waals surface area contributed by atoms with Crippen molar-refractivity contribution in [3.63, 3.8) is 0 Å². The maximum absolute atomic E-state index is 13.6. The van der Waals surface area contributed by atoms with Crippen LogP contribution in [0.4, 0.5) is 8.78 Å². The van der Waals surface area contributed by atoms with E-state index in [1.807, 2.05) is 26.8 Å². The largest absolute Gasteiger partial charge is 0.598 e. The molecule has 0 amide bonds. The molecule has 2 aromatic heterocycles. The predicted octanol–water partition coefficient (Wildman–Crippen LogP) is 5.07. The monoisotopic (exact) mass is 473 g/mol. The minimum Gasteiger partial charge on any atom is -0.598 e. The van der Waals surface area contributed by atoms with Crippen molar-refractivity contribution in [2.24, 2.45) is 0 Å². The lowest BCUT2D eigenvalue weighted by atomic mass is 10.0. The van der Waals surface area contributed by atoms with Gasteiger partial charge < -0.3 is 4.55 Å². The van der Waals surface area contributed by atoms with Gasteiger partial charge >= 0.3 is 0 Å². The summed E-state index contributed by atoms with van der Waals surface area (Å²) in [5.74, 6) is -1.30. The second-order valence-corrected chi connectivity index (χ2v) is 10.8. The van der Waals surface area contributed by atoms with E-state index in [-0.39, 0.29) is 6.42 Å². The molecule has 2 heterocycles. The number of hydrogen-bond donors (Lipinski definition) is 1. The molecule has 0 aliphatic heterocycles. The van der Waals surface area contributed by atoms with E-state index in [0.29, 0.717) is 16.9 Å². The Balaban J connectivity index is 2.01. The lowest BCUT2D eigenvalue weighted by Gasteiger charge is -2.28. The Morgan fingerprint density at radius 2 is 1.89 bits per heavy atom. The van der Waals surface area contributed by atoms with Gasteiger partial charge in [-0.3, -0.25) is 0 Å². The molecular formula is C18H18BrF2N3OS2. The van der Waals surface area contributed by atoms with E-state index < -0.39 is 33.8 Å². The molecule has 1 N–H and O–H groups in total. The van der Waals surface area contributed by atoms with Gasteiger partial charge in [0.05, 0.1) is 21.9 Å². The molecule has 27 heavy (non-hydrogen) atoms. The Morgan fingerprint density at radius 3 is 2.52 bits per heavy atom. The van der Waals surface area contributed by atoms with Gasteiger partial charge in [-0.15, -0.1) is 16.1 Å². The molecule has 4 nitrogen and oxygen atoms in total. The van der Waals surface area contributed by atoms with Crippen molar-refractivity contribution in [3.05, 3.63) is 57.1 Å². The molecule has 0 saturated heterocycles. The van der Waals surface area contributed by atoms with Crippen molar-refractivity contribution in [3.8, 4) is 0 Å². The highest BCUT2D eigenvalue weighted by Crippen LogP contribution is 2.31. The second-order valence-electron chi connectivity index (χ2n) is 7.06. The van der Waals surface area contributed by atoms with E-state index in [9.17, 15) is 13.3 Å². The molecule has 0 aliphatic carbocycles. The van der Waals surface area contributed by atoms with E-state index >= 15 is 0 Å². The molecule has 2 atom stereocenters. The standard InChI is InChI=1S/C18H18BrF2N3OS2/c1-18(2,3)27(25)24-14(6-10-4-11(20)7-12(21)5-10)16-13(19)8-15-17(23-16)22-9-26-15/h4-5,7-9,14,24H,6H2,1-3H3. The third-order valence-corrected chi connectivity index (χ3v) is 6.81. The van der Waals surface area contributed by atoms with Crippen molar-refractivity contribution < 1.29 is 13.3 Å². The number of hydrogen-bond acceptors (Lipinski definition) is 5. The molecule has 0 fully saturated rings. The summed E-state index contributed by atoms with van der Waals surface area (Å²) >= 11 is 3.58. The topological polar surface area (TPSA) is 60.9 Å². The van der Waals surface area contributed by atoms with Gasteiger partial charge in [0.2, 0.25) is 0 Å². The van der Waals surface area contributed by atoms with Crippen LogP contribution in [0, 0.1) is 11.6 Å². The molecule has 0 spiro atoms. The Kier molecular flexibility index (Phi) is 6.17. The van der Waals surface area contributed by atoms with Crippen molar-refractivity contribution in [1.82, 2.24) is 14.7 Å². The molecule has 9 heteroatoms. The summed E-state index contributed by atoms with van der Waals surface area (Å²) in [6, 6.07) is 4.75. The maximum atomic E-state index is 13.6. The van der Waals surface area contributed by atoms with Crippen LogP contribution < -0.4 is 4.72 Å². The van der Waals surface area contributed by atoms with Gasteiger partial charge in [0.25, 0.3) is 0 Å². The molecule has 2 unspecified atom stereocenters. The summed E-state index contributed by atoms with van der Waals surface area (Å²) < 4.78 is 44.1. The van der Waals surface area contributed by atoms with Crippen molar-refractivity contribution in [2.75, 3.05) is 0 Å². The lowest BCUT2D eigenvalue weighted by Crippen LogP contribution is -2.42. The molecule has 1 aromatic carbocycles. The van der Waals surface area contributed by atoms with Crippen LogP contribution in [-0.4, -0.2) is 19.3 Å². The smallest absolute Gasteiger partial charge is 0.170 e. The van der Waals surface area contributed by atoms with E-state index in [1.54, 1.807) is 5.51 Å². The van der Waals surface area contributed by atoms with Crippen LogP contribution in [0.5, 0.6) is 0 Å². The number of pyridine rings is 1. The summed E-state index contributed by atoms with van der Waals surface area (Å²) in [5.41, 5.74) is 3.32. The molecule has 3 aromatic rings. The molecular weight excluding hydrogens is 456 g/mol. The summed E-state index contributed by atoms with van der Waals surface area (Å²) in [6.07, 6.45) is 0.220. The first-order valence-corrected chi connectivity index (χ1v) is 11.0. The zero-order valence-corrected chi connectivity index (χ0v) is 18.1. The Morgan fingerprint density at radius 1 is 1.22 bits per heavy atom. The highest BCUT2D eigenvalue weighted by molar-refractivity contribution is 9.10. The van der Waals surface area contributed by atoms with Gasteiger partial charge in [-0.1, -0.05) is 0 Å². The fraction of sp³-hybridized carbons (Fsp3) is 0.333. The van der Waals surface area contributed by atoms with Gasteiger partial charge in [0.15, 0.2) is 5.65 Å². The third-order valence-electron chi connectivity index (χ3n) is 3.80. The Labute approximate surface area is 171 Å². The number of rotatable bonds is 5. The Hall–Kier alpha value is -1.13. The quantitative estimate of drug-likeness (QED) is 0.525. The minimum atomic E-state index is -1.40. The zero-order valence-electron chi connectivity index (χ0n) is 14.9. The average molecular weight is 474 g/mol. The highest BCUT2D eigenvalue weighted by atomic mass is 79.9. The first kappa shape index (κ1) is 20.6. The van der Waals surface area contributed by atoms with Crippen molar-refractivity contribution in [2.45, 2.75) is 38.0 Å². The van der Waals surface area contributed by atoms with E-state index in [2.05, 4.69) is 30.6 Å². The van der Waals surface area contributed by atoms with Gasteiger partial charge in [0.1, 0.15) is 16.4 Å². The number of nitrogens with zero attached hydrogens (tertiary/aromatic N) is 2. The zero-order chi connectivity index (χ0) is 19.8. The molecule has 0 saturated carbocycles. The molecule has 0 radical (unpaired) electrons. The van der Waals surface area contributed by atoms with Crippen LogP contribution >= 0.6 is 27.3 Å². The summed E-state index contributed by atoms with van der Waals surface area (Å²) in [6.45, 7) is 5.55. The number of aromatic nitrogens is 2. The number of nitrogens with one attached hydrogen (secondary N) is 1. The van der Waals surface area contributed by atoms with Crippen molar-refractivity contribution >= 4 is 49.0 Å². The predicted molar refractivity (Wildman–Crippen MR) is 109 cm³/mol. The van der Waals surface area contributed by atoms with Gasteiger partial charge in [0, 0.05) is 21.9 Å². The summed E-state index contributed by atoms with van der Waals surface area (Å²) in [7, 11) is 0. The number of thiazole rings is 1. The SMILES string of the molecule is CC(C)(C)[S+]([O-])NC(Cc1cc(F)cc(F)c1)c1nc2ncsc2cc1Br.